The molecule has 0 saturated carbocycles. The molecule has 188 valence electrons. The van der Waals surface area contributed by atoms with Crippen LogP contribution < -0.4 is 9.47 Å². The molecule has 0 aliphatic heterocycles. The minimum atomic E-state index is -0.212. The Morgan fingerprint density at radius 3 is 2.46 bits per heavy atom. The fourth-order valence-corrected chi connectivity index (χ4v) is 4.55. The van der Waals surface area contributed by atoms with Crippen LogP contribution in [0.2, 0.25) is 0 Å². The minimum Gasteiger partial charge on any atom is -0.497 e. The zero-order valence-corrected chi connectivity index (χ0v) is 20.7. The minimum absolute atomic E-state index is 0.158. The zero-order chi connectivity index (χ0) is 25.8. The molecule has 0 saturated heterocycles. The van der Waals surface area contributed by atoms with Crippen LogP contribution in [0.25, 0.3) is 33.2 Å². The number of aliphatic hydroxyl groups excluding tert-OH is 1. The number of carbonyl (C=O) groups is 1. The lowest BCUT2D eigenvalue weighted by molar-refractivity contribution is 0.0703. The Balaban J connectivity index is 1.62. The first-order chi connectivity index (χ1) is 18.1. The topological polar surface area (TPSA) is 103 Å². The largest absolute Gasteiger partial charge is 0.497 e. The van der Waals surface area contributed by atoms with E-state index in [1.807, 2.05) is 72.9 Å². The Morgan fingerprint density at radius 2 is 1.73 bits per heavy atom. The van der Waals surface area contributed by atoms with E-state index in [-0.39, 0.29) is 19.1 Å². The average Bonchev–Trinajstić information content (AvgIpc) is 3.61. The molecule has 0 spiro atoms. The highest BCUT2D eigenvalue weighted by Crippen LogP contribution is 2.36. The van der Waals surface area contributed by atoms with E-state index >= 15 is 0 Å². The highest BCUT2D eigenvalue weighted by atomic mass is 16.5. The predicted molar refractivity (Wildman–Crippen MR) is 143 cm³/mol. The second-order valence-corrected chi connectivity index (χ2v) is 8.66. The molecule has 5 rings (SSSR count). The van der Waals surface area contributed by atoms with Gasteiger partial charge in [0.2, 0.25) is 0 Å². The molecule has 1 amide bonds. The van der Waals surface area contributed by atoms with Crippen molar-refractivity contribution in [3.8, 4) is 33.8 Å². The summed E-state index contributed by atoms with van der Waals surface area (Å²) in [6.45, 7) is 0.349. The van der Waals surface area contributed by atoms with Crippen molar-refractivity contribution >= 4 is 16.8 Å². The van der Waals surface area contributed by atoms with Gasteiger partial charge in [0.25, 0.3) is 5.91 Å². The summed E-state index contributed by atoms with van der Waals surface area (Å²) in [5, 5.41) is 17.6. The van der Waals surface area contributed by atoms with Crippen molar-refractivity contribution in [3.63, 3.8) is 0 Å². The Bertz CT molecular complexity index is 1520. The Morgan fingerprint density at radius 1 is 0.946 bits per heavy atom. The van der Waals surface area contributed by atoms with Crippen molar-refractivity contribution in [2.45, 2.75) is 6.54 Å². The number of fused-ring (bicyclic) bond motifs is 1. The van der Waals surface area contributed by atoms with E-state index in [1.165, 1.54) is 0 Å². The van der Waals surface area contributed by atoms with Gasteiger partial charge in [0, 0.05) is 41.3 Å². The number of aromatic nitrogens is 3. The maximum Gasteiger partial charge on any atom is 0.271 e. The summed E-state index contributed by atoms with van der Waals surface area (Å²) in [5.41, 5.74) is 5.74. The van der Waals surface area contributed by atoms with Gasteiger partial charge in [-0.15, -0.1) is 0 Å². The normalized spacial score (nSPS) is 11.0. The molecule has 3 aromatic carbocycles. The molecule has 8 nitrogen and oxygen atoms in total. The van der Waals surface area contributed by atoms with Crippen LogP contribution in [0.3, 0.4) is 0 Å². The summed E-state index contributed by atoms with van der Waals surface area (Å²) in [7, 11) is 3.23. The van der Waals surface area contributed by atoms with Gasteiger partial charge in [0.05, 0.1) is 27.0 Å². The zero-order valence-electron chi connectivity index (χ0n) is 20.7. The van der Waals surface area contributed by atoms with Gasteiger partial charge in [-0.25, -0.2) is 0 Å². The molecule has 0 atom stereocenters. The molecular weight excluding hydrogens is 468 g/mol. The Kier molecular flexibility index (Phi) is 6.91. The number of nitrogens with one attached hydrogen (secondary N) is 2. The molecule has 3 N–H and O–H groups in total. The summed E-state index contributed by atoms with van der Waals surface area (Å²) < 4.78 is 10.8. The molecule has 0 aliphatic rings. The summed E-state index contributed by atoms with van der Waals surface area (Å²) >= 11 is 0. The van der Waals surface area contributed by atoms with Crippen LogP contribution in [0.5, 0.6) is 11.5 Å². The van der Waals surface area contributed by atoms with Crippen molar-refractivity contribution < 1.29 is 19.4 Å². The molecule has 5 aromatic rings. The van der Waals surface area contributed by atoms with E-state index in [1.54, 1.807) is 25.3 Å². The van der Waals surface area contributed by atoms with Crippen molar-refractivity contribution in [2.75, 3.05) is 27.4 Å². The number of carbonyl (C=O) groups excluding carboxylic acids is 1. The number of methoxy groups -OCH3 is 2. The van der Waals surface area contributed by atoms with Gasteiger partial charge >= 0.3 is 0 Å². The van der Waals surface area contributed by atoms with E-state index in [0.717, 1.165) is 38.7 Å². The first-order valence-corrected chi connectivity index (χ1v) is 11.9. The smallest absolute Gasteiger partial charge is 0.271 e. The van der Waals surface area contributed by atoms with Gasteiger partial charge in [0.1, 0.15) is 17.2 Å². The number of H-pyrrole nitrogens is 2. The van der Waals surface area contributed by atoms with Crippen molar-refractivity contribution in [2.24, 2.45) is 0 Å². The molecule has 8 heteroatoms. The fraction of sp³-hybridized carbons (Fsp3) is 0.172. The molecular formula is C29H28N4O4. The number of rotatable bonds is 9. The third-order valence-electron chi connectivity index (χ3n) is 6.37. The van der Waals surface area contributed by atoms with Gasteiger partial charge in [-0.2, -0.15) is 5.10 Å². The van der Waals surface area contributed by atoms with Crippen LogP contribution in [0.15, 0.2) is 79.1 Å². The third kappa shape index (κ3) is 4.92. The lowest BCUT2D eigenvalue weighted by Gasteiger charge is -2.22. The SMILES string of the molecule is COc1cccc(CN(CCO)C(=O)c2[nH]c3cc(-c4cn[nH]c4)ccc3c2-c2cccc(OC)c2)c1. The average molecular weight is 497 g/mol. The number of hydrogen-bond donors (Lipinski definition) is 3. The maximum atomic E-state index is 14.0. The predicted octanol–water partition coefficient (Wildman–Crippen LogP) is 4.88. The molecule has 2 aromatic heterocycles. The lowest BCUT2D eigenvalue weighted by Crippen LogP contribution is -2.33. The first kappa shape index (κ1) is 24.1. The van der Waals surface area contributed by atoms with Crippen LogP contribution in [-0.2, 0) is 6.54 Å². The van der Waals surface area contributed by atoms with Crippen LogP contribution in [0.1, 0.15) is 16.1 Å². The molecule has 0 unspecified atom stereocenters. The van der Waals surface area contributed by atoms with Crippen LogP contribution >= 0.6 is 0 Å². The second kappa shape index (κ2) is 10.6. The van der Waals surface area contributed by atoms with Crippen molar-refractivity contribution in [1.82, 2.24) is 20.1 Å². The summed E-state index contributed by atoms with van der Waals surface area (Å²) in [5.74, 6) is 1.20. The summed E-state index contributed by atoms with van der Waals surface area (Å²) in [6.07, 6.45) is 3.59. The molecule has 0 aliphatic carbocycles. The number of aromatic amines is 2. The van der Waals surface area contributed by atoms with Crippen LogP contribution in [0.4, 0.5) is 0 Å². The number of aliphatic hydroxyl groups is 1. The van der Waals surface area contributed by atoms with Gasteiger partial charge in [-0.05, 0) is 47.0 Å². The van der Waals surface area contributed by atoms with E-state index < -0.39 is 0 Å². The fourth-order valence-electron chi connectivity index (χ4n) is 4.55. The summed E-state index contributed by atoms with van der Waals surface area (Å²) in [4.78, 5) is 19.1. The lowest BCUT2D eigenvalue weighted by atomic mass is 9.99. The molecule has 0 fully saturated rings. The number of ether oxygens (including phenoxy) is 2. The number of hydrogen-bond acceptors (Lipinski definition) is 5. The molecule has 0 bridgehead atoms. The van der Waals surface area contributed by atoms with Gasteiger partial charge in [-0.3, -0.25) is 9.89 Å². The van der Waals surface area contributed by atoms with Gasteiger partial charge < -0.3 is 24.5 Å². The Hall–Kier alpha value is -4.56. The standard InChI is InChI=1S/C29H28N4O4/c1-36-23-7-3-5-19(13-23)18-33(11-12-34)29(35)28-27(21-6-4-8-24(14-21)37-2)25-10-9-20(15-26(25)32-28)22-16-30-31-17-22/h3-10,13-17,32,34H,11-12,18H2,1-2H3,(H,30,31). The van der Waals surface area contributed by atoms with E-state index in [0.29, 0.717) is 23.7 Å². The Labute approximate surface area is 214 Å². The van der Waals surface area contributed by atoms with Gasteiger partial charge in [-0.1, -0.05) is 36.4 Å². The van der Waals surface area contributed by atoms with E-state index in [2.05, 4.69) is 15.2 Å². The monoisotopic (exact) mass is 496 g/mol. The summed E-state index contributed by atoms with van der Waals surface area (Å²) in [6, 6.07) is 21.3. The second-order valence-electron chi connectivity index (χ2n) is 8.66. The highest BCUT2D eigenvalue weighted by molar-refractivity contribution is 6.10. The first-order valence-electron chi connectivity index (χ1n) is 11.9. The van der Waals surface area contributed by atoms with E-state index in [4.69, 9.17) is 9.47 Å². The molecule has 2 heterocycles. The van der Waals surface area contributed by atoms with Crippen molar-refractivity contribution in [1.29, 1.82) is 0 Å². The number of amides is 1. The van der Waals surface area contributed by atoms with Gasteiger partial charge in [0.15, 0.2) is 0 Å². The third-order valence-corrected chi connectivity index (χ3v) is 6.37. The molecule has 37 heavy (non-hydrogen) atoms. The molecule has 0 radical (unpaired) electrons. The van der Waals surface area contributed by atoms with Crippen LogP contribution in [0, 0.1) is 0 Å². The number of nitrogens with zero attached hydrogens (tertiary/aromatic N) is 2. The van der Waals surface area contributed by atoms with Crippen LogP contribution in [-0.4, -0.2) is 58.5 Å². The maximum absolute atomic E-state index is 14.0. The number of benzene rings is 3. The van der Waals surface area contributed by atoms with E-state index in [9.17, 15) is 9.90 Å². The highest BCUT2D eigenvalue weighted by Gasteiger charge is 2.25. The van der Waals surface area contributed by atoms with Crippen molar-refractivity contribution in [3.05, 3.63) is 90.4 Å². The quantitative estimate of drug-likeness (QED) is 0.270.